The Morgan fingerprint density at radius 1 is 1.22 bits per heavy atom. The third-order valence-corrected chi connectivity index (χ3v) is 5.46. The van der Waals surface area contributed by atoms with Crippen LogP contribution in [0.5, 0.6) is 5.75 Å². The number of rotatable bonds is 4. The number of amides is 2. The molecule has 0 bridgehead atoms. The third kappa shape index (κ3) is 5.20. The number of nitrogens with one attached hydrogen (secondary N) is 1. The van der Waals surface area contributed by atoms with Crippen molar-refractivity contribution in [1.29, 1.82) is 0 Å². The number of primary sulfonamides is 1. The molecule has 1 fully saturated rings. The Hall–Kier alpha value is -2.13. The maximum atomic E-state index is 12.5. The van der Waals surface area contributed by atoms with Crippen LogP contribution in [-0.2, 0) is 19.6 Å². The van der Waals surface area contributed by atoms with Gasteiger partial charge >= 0.3 is 0 Å². The van der Waals surface area contributed by atoms with Crippen molar-refractivity contribution in [3.63, 3.8) is 0 Å². The first-order valence-electron chi connectivity index (χ1n) is 8.74. The Kier molecular flexibility index (Phi) is 6.16. The SMILES string of the molecule is COc1ccc(NC(=O)C2CCN(C(=O)C(C)(C)C)CC2)cc1S(N)(=O)=O. The Balaban J connectivity index is 2.04. The molecule has 1 saturated heterocycles. The number of ether oxygens (including phenoxy) is 1. The highest BCUT2D eigenvalue weighted by molar-refractivity contribution is 7.89. The molecular formula is C18H27N3O5S. The van der Waals surface area contributed by atoms with Gasteiger partial charge in [-0.2, -0.15) is 0 Å². The molecule has 27 heavy (non-hydrogen) atoms. The fraction of sp³-hybridized carbons (Fsp3) is 0.556. The molecule has 1 aromatic rings. The van der Waals surface area contributed by atoms with Gasteiger partial charge in [-0.15, -0.1) is 0 Å². The summed E-state index contributed by atoms with van der Waals surface area (Å²) in [6, 6.07) is 4.29. The van der Waals surface area contributed by atoms with Gasteiger partial charge in [0.25, 0.3) is 0 Å². The van der Waals surface area contributed by atoms with Crippen LogP contribution in [0.3, 0.4) is 0 Å². The number of benzene rings is 1. The molecule has 0 atom stereocenters. The Bertz CT molecular complexity index is 822. The molecule has 0 radical (unpaired) electrons. The monoisotopic (exact) mass is 397 g/mol. The number of methoxy groups -OCH3 is 1. The van der Waals surface area contributed by atoms with E-state index >= 15 is 0 Å². The summed E-state index contributed by atoms with van der Waals surface area (Å²) in [5.74, 6) is -0.253. The molecule has 9 heteroatoms. The molecule has 150 valence electrons. The number of hydrogen-bond donors (Lipinski definition) is 2. The van der Waals surface area contributed by atoms with Gasteiger partial charge in [-0.25, -0.2) is 13.6 Å². The number of likely N-dealkylation sites (tertiary alicyclic amines) is 1. The number of hydrogen-bond acceptors (Lipinski definition) is 5. The summed E-state index contributed by atoms with van der Waals surface area (Å²) in [6.45, 7) is 6.68. The van der Waals surface area contributed by atoms with Crippen LogP contribution in [0.25, 0.3) is 0 Å². The molecular weight excluding hydrogens is 370 g/mol. The molecule has 0 aliphatic carbocycles. The van der Waals surface area contributed by atoms with E-state index in [0.29, 0.717) is 31.6 Å². The first-order valence-corrected chi connectivity index (χ1v) is 10.3. The summed E-state index contributed by atoms with van der Waals surface area (Å²) in [6.07, 6.45) is 1.12. The van der Waals surface area contributed by atoms with Crippen LogP contribution < -0.4 is 15.2 Å². The minimum absolute atomic E-state index is 0.0781. The predicted octanol–water partition coefficient (Wildman–Crippen LogP) is 1.57. The average molecular weight is 397 g/mol. The molecule has 8 nitrogen and oxygen atoms in total. The number of piperidine rings is 1. The highest BCUT2D eigenvalue weighted by atomic mass is 32.2. The van der Waals surface area contributed by atoms with E-state index in [1.165, 1.54) is 19.2 Å². The number of nitrogens with two attached hydrogens (primary N) is 1. The van der Waals surface area contributed by atoms with Crippen molar-refractivity contribution in [1.82, 2.24) is 4.90 Å². The minimum Gasteiger partial charge on any atom is -0.495 e. The Morgan fingerprint density at radius 3 is 2.30 bits per heavy atom. The van der Waals surface area contributed by atoms with E-state index < -0.39 is 15.4 Å². The van der Waals surface area contributed by atoms with Crippen LogP contribution in [0.1, 0.15) is 33.6 Å². The molecule has 3 N–H and O–H groups in total. The van der Waals surface area contributed by atoms with Crippen LogP contribution in [0.4, 0.5) is 5.69 Å². The van der Waals surface area contributed by atoms with Gasteiger partial charge in [0, 0.05) is 30.1 Å². The first-order chi connectivity index (χ1) is 12.4. The molecule has 0 unspecified atom stereocenters. The molecule has 2 rings (SSSR count). The zero-order valence-corrected chi connectivity index (χ0v) is 16.9. The molecule has 2 amide bonds. The van der Waals surface area contributed by atoms with E-state index in [1.807, 2.05) is 20.8 Å². The summed E-state index contributed by atoms with van der Waals surface area (Å²) in [5, 5.41) is 7.93. The lowest BCUT2D eigenvalue weighted by Crippen LogP contribution is -2.45. The maximum Gasteiger partial charge on any atom is 0.241 e. The number of sulfonamides is 1. The van der Waals surface area contributed by atoms with Gasteiger partial charge in [-0.05, 0) is 31.0 Å². The average Bonchev–Trinajstić information content (AvgIpc) is 2.59. The van der Waals surface area contributed by atoms with Crippen molar-refractivity contribution in [2.45, 2.75) is 38.5 Å². The minimum atomic E-state index is -3.98. The van der Waals surface area contributed by atoms with Gasteiger partial charge in [0.2, 0.25) is 21.8 Å². The number of anilines is 1. The zero-order valence-electron chi connectivity index (χ0n) is 16.1. The second-order valence-electron chi connectivity index (χ2n) is 7.72. The van der Waals surface area contributed by atoms with Crippen molar-refractivity contribution >= 4 is 27.5 Å². The van der Waals surface area contributed by atoms with Crippen LogP contribution in [0, 0.1) is 11.3 Å². The lowest BCUT2D eigenvalue weighted by Gasteiger charge is -2.35. The summed E-state index contributed by atoms with van der Waals surface area (Å²) in [5.41, 5.74) is -0.111. The van der Waals surface area contributed by atoms with Gasteiger partial charge in [-0.3, -0.25) is 9.59 Å². The highest BCUT2D eigenvalue weighted by Gasteiger charge is 2.32. The maximum absolute atomic E-state index is 12.5. The Morgan fingerprint density at radius 2 is 1.81 bits per heavy atom. The van der Waals surface area contributed by atoms with Crippen LogP contribution >= 0.6 is 0 Å². The number of nitrogens with zero attached hydrogens (tertiary/aromatic N) is 1. The van der Waals surface area contributed by atoms with E-state index in [-0.39, 0.29) is 28.4 Å². The quantitative estimate of drug-likeness (QED) is 0.799. The van der Waals surface area contributed by atoms with Gasteiger partial charge in [0.1, 0.15) is 10.6 Å². The summed E-state index contributed by atoms with van der Waals surface area (Å²) < 4.78 is 28.4. The van der Waals surface area contributed by atoms with E-state index in [1.54, 1.807) is 11.0 Å². The van der Waals surface area contributed by atoms with Crippen molar-refractivity contribution in [3.05, 3.63) is 18.2 Å². The lowest BCUT2D eigenvalue weighted by atomic mass is 9.90. The van der Waals surface area contributed by atoms with Crippen LogP contribution in [-0.4, -0.2) is 45.3 Å². The van der Waals surface area contributed by atoms with E-state index in [4.69, 9.17) is 9.88 Å². The highest BCUT2D eigenvalue weighted by Crippen LogP contribution is 2.28. The van der Waals surface area contributed by atoms with Crippen molar-refractivity contribution in [2.24, 2.45) is 16.5 Å². The molecule has 1 heterocycles. The normalized spacial score (nSPS) is 16.1. The summed E-state index contributed by atoms with van der Waals surface area (Å²) >= 11 is 0. The molecule has 1 aromatic carbocycles. The molecule has 0 aromatic heterocycles. The van der Waals surface area contributed by atoms with Crippen molar-refractivity contribution in [3.8, 4) is 5.75 Å². The number of carbonyl (C=O) groups excluding carboxylic acids is 2. The van der Waals surface area contributed by atoms with E-state index in [0.717, 1.165) is 0 Å². The third-order valence-electron chi connectivity index (χ3n) is 4.53. The fourth-order valence-corrected chi connectivity index (χ4v) is 3.76. The largest absolute Gasteiger partial charge is 0.495 e. The second kappa shape index (κ2) is 7.85. The van der Waals surface area contributed by atoms with Crippen LogP contribution in [0.2, 0.25) is 0 Å². The van der Waals surface area contributed by atoms with Crippen LogP contribution in [0.15, 0.2) is 23.1 Å². The van der Waals surface area contributed by atoms with Gasteiger partial charge in [-0.1, -0.05) is 20.8 Å². The van der Waals surface area contributed by atoms with Crippen molar-refractivity contribution in [2.75, 3.05) is 25.5 Å². The molecule has 0 spiro atoms. The molecule has 1 aliphatic rings. The lowest BCUT2D eigenvalue weighted by molar-refractivity contribution is -0.142. The molecule has 1 aliphatic heterocycles. The molecule has 0 saturated carbocycles. The first kappa shape index (κ1) is 21.2. The fourth-order valence-electron chi connectivity index (χ4n) is 3.04. The number of carbonyl (C=O) groups is 2. The van der Waals surface area contributed by atoms with E-state index in [2.05, 4.69) is 5.32 Å². The van der Waals surface area contributed by atoms with E-state index in [9.17, 15) is 18.0 Å². The zero-order chi connectivity index (χ0) is 20.4. The second-order valence-corrected chi connectivity index (χ2v) is 9.25. The van der Waals surface area contributed by atoms with Gasteiger partial charge < -0.3 is 15.0 Å². The predicted molar refractivity (Wildman–Crippen MR) is 102 cm³/mol. The van der Waals surface area contributed by atoms with Gasteiger partial charge in [0.05, 0.1) is 7.11 Å². The smallest absolute Gasteiger partial charge is 0.241 e. The van der Waals surface area contributed by atoms with Gasteiger partial charge in [0.15, 0.2) is 0 Å². The standard InChI is InChI=1S/C18H27N3O5S/c1-18(2,3)17(23)21-9-7-12(8-10-21)16(22)20-13-5-6-14(26-4)15(11-13)27(19,24)25/h5-6,11-12H,7-10H2,1-4H3,(H,20,22)(H2,19,24,25). The summed E-state index contributed by atoms with van der Waals surface area (Å²) in [4.78, 5) is 26.5. The van der Waals surface area contributed by atoms with Crippen molar-refractivity contribution < 1.29 is 22.7 Å². The topological polar surface area (TPSA) is 119 Å². The Labute approximate surface area is 160 Å². The summed E-state index contributed by atoms with van der Waals surface area (Å²) in [7, 11) is -2.64.